The fourth-order valence-electron chi connectivity index (χ4n) is 8.72. The van der Waals surface area contributed by atoms with Crippen molar-refractivity contribution < 1.29 is 18.8 Å². The van der Waals surface area contributed by atoms with Crippen LogP contribution in [0.5, 0.6) is 0 Å². The van der Waals surface area contributed by atoms with Crippen molar-refractivity contribution in [3.8, 4) is 0 Å². The van der Waals surface area contributed by atoms with E-state index in [9.17, 15) is 19.2 Å². The maximum atomic E-state index is 13.8. The van der Waals surface area contributed by atoms with Crippen LogP contribution in [0.1, 0.15) is 87.6 Å². The van der Waals surface area contributed by atoms with Crippen molar-refractivity contribution in [2.24, 2.45) is 0 Å². The molecule has 3 N–H and O–H groups in total. The van der Waals surface area contributed by atoms with Gasteiger partial charge in [-0.05, 0) is 72.7 Å². The molecule has 0 unspecified atom stereocenters. The van der Waals surface area contributed by atoms with Crippen LogP contribution in [0.3, 0.4) is 0 Å². The lowest BCUT2D eigenvalue weighted by Crippen LogP contribution is -2.50. The third-order valence-electron chi connectivity index (χ3n) is 12.9. The minimum absolute atomic E-state index is 0.0871. The first-order valence-corrected chi connectivity index (χ1v) is 24.0. The highest BCUT2D eigenvalue weighted by Crippen LogP contribution is 2.27. The molecule has 13 heteroatoms. The summed E-state index contributed by atoms with van der Waals surface area (Å²) >= 11 is 0. The number of benzene rings is 4. The summed E-state index contributed by atoms with van der Waals surface area (Å²) in [4.78, 5) is 68.6. The summed E-state index contributed by atoms with van der Waals surface area (Å²) in [6.07, 6.45) is 0. The SMILES string of the molecule is C[C@H](NC(=O)CN1CCN(CC(=O)N[C@@H](C)c2ccccc2)CCN(Cc2ccc3c(=O)c4cc(C(C)(C)C)ccc4oc3n2)CCN(CC(=O)N[C@@H](C)c2ccccc2)CC1)c1ccccc1. The van der Waals surface area contributed by atoms with E-state index in [-0.39, 0.29) is 72.0 Å². The van der Waals surface area contributed by atoms with Crippen molar-refractivity contribution in [3.63, 3.8) is 0 Å². The van der Waals surface area contributed by atoms with Crippen LogP contribution in [-0.4, -0.2) is 114 Å². The standard InChI is InChI=1S/C55H68N8O5/c1-39(42-16-10-7-11-17-42)56-50(64)36-61-28-26-60(35-46-23-24-47-53(67)48-34-45(55(4,5)6)22-25-49(48)68-54(47)59-46)27-29-62(37-51(65)57-40(2)43-18-12-8-13-19-43)31-33-63(32-30-61)38-52(66)58-41(3)44-20-14-9-15-21-44/h7-25,34,39-41H,26-33,35-38H2,1-6H3,(H,56,64)(H,57,65)(H,58,66)/t39-,40-,41-/m0/s1. The molecule has 3 atom stereocenters. The number of amides is 3. The van der Waals surface area contributed by atoms with Crippen molar-refractivity contribution in [1.29, 1.82) is 0 Å². The van der Waals surface area contributed by atoms with Gasteiger partial charge in [0.05, 0.1) is 54.2 Å². The van der Waals surface area contributed by atoms with Gasteiger partial charge in [-0.15, -0.1) is 0 Å². The summed E-state index contributed by atoms with van der Waals surface area (Å²) < 4.78 is 6.30. The fourth-order valence-corrected chi connectivity index (χ4v) is 8.72. The summed E-state index contributed by atoms with van der Waals surface area (Å²) in [5.41, 5.74) is 5.41. The Morgan fingerprint density at radius 2 is 0.941 bits per heavy atom. The van der Waals surface area contributed by atoms with Crippen LogP contribution in [0.15, 0.2) is 131 Å². The Morgan fingerprint density at radius 3 is 1.34 bits per heavy atom. The van der Waals surface area contributed by atoms with E-state index in [0.717, 1.165) is 27.9 Å². The molecule has 68 heavy (non-hydrogen) atoms. The third kappa shape index (κ3) is 13.9. The maximum Gasteiger partial charge on any atom is 0.234 e. The van der Waals surface area contributed by atoms with E-state index >= 15 is 0 Å². The molecule has 1 saturated heterocycles. The second-order valence-electron chi connectivity index (χ2n) is 19.3. The van der Waals surface area contributed by atoms with Crippen LogP contribution < -0.4 is 21.4 Å². The van der Waals surface area contributed by atoms with Crippen LogP contribution >= 0.6 is 0 Å². The lowest BCUT2D eigenvalue weighted by molar-refractivity contribution is -0.125. The van der Waals surface area contributed by atoms with Gasteiger partial charge in [0.1, 0.15) is 5.58 Å². The van der Waals surface area contributed by atoms with Crippen molar-refractivity contribution in [2.75, 3.05) is 72.0 Å². The maximum absolute atomic E-state index is 13.8. The second-order valence-corrected chi connectivity index (χ2v) is 19.3. The molecule has 6 aromatic rings. The molecule has 358 valence electrons. The van der Waals surface area contributed by atoms with Gasteiger partial charge in [-0.2, -0.15) is 0 Å². The Morgan fingerprint density at radius 1 is 0.544 bits per heavy atom. The predicted molar refractivity (Wildman–Crippen MR) is 270 cm³/mol. The Balaban J connectivity index is 1.13. The average Bonchev–Trinajstić information content (AvgIpc) is 3.32. The molecule has 0 saturated carbocycles. The fraction of sp³-hybridized carbons (Fsp3) is 0.400. The summed E-state index contributed by atoms with van der Waals surface area (Å²) in [5.74, 6) is -0.269. The first-order chi connectivity index (χ1) is 32.7. The second kappa shape index (κ2) is 23.2. The molecule has 0 aliphatic carbocycles. The summed E-state index contributed by atoms with van der Waals surface area (Å²) in [6.45, 7) is 17.6. The van der Waals surface area contributed by atoms with E-state index in [1.165, 1.54) is 0 Å². The molecule has 13 nitrogen and oxygen atoms in total. The molecule has 3 amide bonds. The number of carbonyl (C=O) groups excluding carboxylic acids is 3. The lowest BCUT2D eigenvalue weighted by atomic mass is 9.86. The lowest BCUT2D eigenvalue weighted by Gasteiger charge is -2.34. The van der Waals surface area contributed by atoms with Crippen LogP contribution in [-0.2, 0) is 26.3 Å². The van der Waals surface area contributed by atoms with Gasteiger partial charge in [0, 0.05) is 58.9 Å². The number of aromatic nitrogens is 1. The number of rotatable bonds is 14. The molecule has 0 radical (unpaired) electrons. The van der Waals surface area contributed by atoms with Gasteiger partial charge in [0.15, 0.2) is 0 Å². The number of carbonyl (C=O) groups is 3. The number of nitrogens with one attached hydrogen (secondary N) is 3. The van der Waals surface area contributed by atoms with Gasteiger partial charge in [-0.3, -0.25) is 38.8 Å². The zero-order chi connectivity index (χ0) is 48.2. The van der Waals surface area contributed by atoms with Crippen molar-refractivity contribution >= 4 is 39.8 Å². The van der Waals surface area contributed by atoms with Crippen LogP contribution in [0.4, 0.5) is 0 Å². The molecular formula is C55H68N8O5. The quantitative estimate of drug-likeness (QED) is 0.0979. The van der Waals surface area contributed by atoms with Gasteiger partial charge in [0.25, 0.3) is 0 Å². The van der Waals surface area contributed by atoms with Gasteiger partial charge in [0.2, 0.25) is 28.9 Å². The Hall–Kier alpha value is -6.25. The number of pyridine rings is 1. The molecule has 2 aromatic heterocycles. The van der Waals surface area contributed by atoms with E-state index in [1.807, 2.05) is 142 Å². The Kier molecular flexibility index (Phi) is 16.9. The highest BCUT2D eigenvalue weighted by molar-refractivity contribution is 5.88. The molecule has 3 heterocycles. The topological polar surface area (TPSA) is 143 Å². The van der Waals surface area contributed by atoms with Crippen molar-refractivity contribution in [3.05, 3.63) is 159 Å². The molecule has 1 aliphatic rings. The molecule has 0 spiro atoms. The van der Waals surface area contributed by atoms with Gasteiger partial charge in [-0.1, -0.05) is 118 Å². The molecule has 4 aromatic carbocycles. The van der Waals surface area contributed by atoms with E-state index < -0.39 is 0 Å². The van der Waals surface area contributed by atoms with Gasteiger partial charge < -0.3 is 20.4 Å². The monoisotopic (exact) mass is 921 g/mol. The highest BCUT2D eigenvalue weighted by Gasteiger charge is 2.24. The van der Waals surface area contributed by atoms with E-state index in [0.29, 0.717) is 75.3 Å². The number of fused-ring (bicyclic) bond motifs is 2. The first kappa shape index (κ1) is 49.6. The highest BCUT2D eigenvalue weighted by atomic mass is 16.3. The number of hydrogen-bond acceptors (Lipinski definition) is 10. The molecule has 1 fully saturated rings. The largest absolute Gasteiger partial charge is 0.437 e. The zero-order valence-corrected chi connectivity index (χ0v) is 40.5. The minimum Gasteiger partial charge on any atom is -0.437 e. The zero-order valence-electron chi connectivity index (χ0n) is 40.5. The Labute approximate surface area is 400 Å². The van der Waals surface area contributed by atoms with Crippen LogP contribution in [0.2, 0.25) is 0 Å². The molecular weight excluding hydrogens is 853 g/mol. The number of hydrogen-bond donors (Lipinski definition) is 3. The third-order valence-corrected chi connectivity index (χ3v) is 12.9. The average molecular weight is 921 g/mol. The molecule has 0 bridgehead atoms. The molecule has 1 aliphatic heterocycles. The van der Waals surface area contributed by atoms with Crippen molar-refractivity contribution in [1.82, 2.24) is 40.5 Å². The number of nitrogens with zero attached hydrogens (tertiary/aromatic N) is 5. The van der Waals surface area contributed by atoms with E-state index in [2.05, 4.69) is 56.3 Å². The first-order valence-electron chi connectivity index (χ1n) is 24.0. The predicted octanol–water partition coefficient (Wildman–Crippen LogP) is 6.99. The van der Waals surface area contributed by atoms with E-state index in [1.54, 1.807) is 0 Å². The summed E-state index contributed by atoms with van der Waals surface area (Å²) in [7, 11) is 0. The smallest absolute Gasteiger partial charge is 0.234 e. The van der Waals surface area contributed by atoms with Gasteiger partial charge in [-0.25, -0.2) is 4.98 Å². The van der Waals surface area contributed by atoms with Crippen molar-refractivity contribution in [2.45, 2.75) is 71.6 Å². The minimum atomic E-state index is -0.171. The van der Waals surface area contributed by atoms with Gasteiger partial charge >= 0.3 is 0 Å². The summed E-state index contributed by atoms with van der Waals surface area (Å²) in [5, 5.41) is 10.5. The summed E-state index contributed by atoms with van der Waals surface area (Å²) in [6, 6.07) is 38.7. The van der Waals surface area contributed by atoms with Crippen LogP contribution in [0.25, 0.3) is 22.1 Å². The van der Waals surface area contributed by atoms with E-state index in [4.69, 9.17) is 9.40 Å². The molecule has 7 rings (SSSR count). The Bertz CT molecular complexity index is 2600. The van der Waals surface area contributed by atoms with Crippen LogP contribution in [0, 0.1) is 0 Å². The normalized spacial score (nSPS) is 16.6.